The molecule has 0 aliphatic heterocycles. The number of rotatable bonds is 5. The molecule has 0 fully saturated rings. The van der Waals surface area contributed by atoms with Gasteiger partial charge >= 0.3 is 0 Å². The van der Waals surface area contributed by atoms with E-state index in [0.29, 0.717) is 12.1 Å². The standard InChI is InChI=1S/C23H20N4/c24-15-18-9-6-10-19(13-18)16-27-22-12-5-4-11-21(22)26-23(27)20(25)14-17-7-2-1-3-8-17/h1-13,20H,14,16,25H2. The van der Waals surface area contributed by atoms with Crippen LogP contribution in [0.2, 0.25) is 0 Å². The van der Waals surface area contributed by atoms with E-state index in [1.165, 1.54) is 5.56 Å². The molecule has 0 radical (unpaired) electrons. The summed E-state index contributed by atoms with van der Waals surface area (Å²) >= 11 is 0. The molecule has 0 saturated carbocycles. The van der Waals surface area contributed by atoms with Gasteiger partial charge in [-0.2, -0.15) is 5.26 Å². The van der Waals surface area contributed by atoms with Crippen LogP contribution in [-0.2, 0) is 13.0 Å². The summed E-state index contributed by atoms with van der Waals surface area (Å²) in [6.07, 6.45) is 0.725. The summed E-state index contributed by atoms with van der Waals surface area (Å²) in [5.74, 6) is 0.863. The Kier molecular flexibility index (Phi) is 4.69. The van der Waals surface area contributed by atoms with Crippen molar-refractivity contribution in [1.82, 2.24) is 9.55 Å². The summed E-state index contributed by atoms with van der Waals surface area (Å²) in [6.45, 7) is 0.633. The first-order valence-electron chi connectivity index (χ1n) is 8.98. The average Bonchev–Trinajstić information content (AvgIpc) is 3.08. The molecule has 3 aromatic carbocycles. The SMILES string of the molecule is N#Cc1cccc(Cn2c(C(N)Cc3ccccc3)nc3ccccc32)c1. The quantitative estimate of drug-likeness (QED) is 0.585. The van der Waals surface area contributed by atoms with Crippen molar-refractivity contribution < 1.29 is 0 Å². The lowest BCUT2D eigenvalue weighted by molar-refractivity contribution is 0.618. The lowest BCUT2D eigenvalue weighted by Gasteiger charge is -2.15. The van der Waals surface area contributed by atoms with Crippen LogP contribution in [0.3, 0.4) is 0 Å². The summed E-state index contributed by atoms with van der Waals surface area (Å²) in [7, 11) is 0. The van der Waals surface area contributed by atoms with E-state index in [1.54, 1.807) is 0 Å². The third-order valence-corrected chi connectivity index (χ3v) is 4.71. The minimum absolute atomic E-state index is 0.209. The van der Waals surface area contributed by atoms with Crippen LogP contribution in [-0.4, -0.2) is 9.55 Å². The number of fused-ring (bicyclic) bond motifs is 1. The molecule has 1 aromatic heterocycles. The van der Waals surface area contributed by atoms with E-state index in [9.17, 15) is 5.26 Å². The average molecular weight is 352 g/mol. The van der Waals surface area contributed by atoms with Gasteiger partial charge in [0.2, 0.25) is 0 Å². The maximum Gasteiger partial charge on any atom is 0.127 e. The molecule has 0 saturated heterocycles. The number of benzene rings is 3. The molecular formula is C23H20N4. The Bertz CT molecular complexity index is 1110. The van der Waals surface area contributed by atoms with Crippen LogP contribution in [0.15, 0.2) is 78.9 Å². The number of hydrogen-bond donors (Lipinski definition) is 1. The molecule has 2 N–H and O–H groups in total. The number of nitrogens with zero attached hydrogens (tertiary/aromatic N) is 3. The maximum absolute atomic E-state index is 9.18. The van der Waals surface area contributed by atoms with Crippen LogP contribution in [0, 0.1) is 11.3 Å². The highest BCUT2D eigenvalue weighted by Crippen LogP contribution is 2.23. The van der Waals surface area contributed by atoms with Crippen LogP contribution < -0.4 is 5.73 Å². The van der Waals surface area contributed by atoms with E-state index >= 15 is 0 Å². The molecule has 0 amide bonds. The lowest BCUT2D eigenvalue weighted by atomic mass is 10.1. The van der Waals surface area contributed by atoms with E-state index in [-0.39, 0.29) is 6.04 Å². The van der Waals surface area contributed by atoms with Gasteiger partial charge in [0.1, 0.15) is 5.82 Å². The van der Waals surface area contributed by atoms with Crippen molar-refractivity contribution in [2.75, 3.05) is 0 Å². The van der Waals surface area contributed by atoms with Gasteiger partial charge in [-0.3, -0.25) is 0 Å². The normalized spacial score (nSPS) is 12.0. The Morgan fingerprint density at radius 3 is 2.48 bits per heavy atom. The second-order valence-electron chi connectivity index (χ2n) is 6.65. The smallest absolute Gasteiger partial charge is 0.127 e. The topological polar surface area (TPSA) is 67.6 Å². The summed E-state index contributed by atoms with van der Waals surface area (Å²) in [6, 6.07) is 28.0. The highest BCUT2D eigenvalue weighted by molar-refractivity contribution is 5.76. The summed E-state index contributed by atoms with van der Waals surface area (Å²) < 4.78 is 2.17. The molecule has 4 rings (SSSR count). The molecule has 1 atom stereocenters. The van der Waals surface area contributed by atoms with Crippen molar-refractivity contribution in [3.63, 3.8) is 0 Å². The van der Waals surface area contributed by atoms with Crippen molar-refractivity contribution in [3.8, 4) is 6.07 Å². The summed E-state index contributed by atoms with van der Waals surface area (Å²) in [5.41, 5.74) is 11.5. The first-order valence-corrected chi connectivity index (χ1v) is 8.98. The molecule has 27 heavy (non-hydrogen) atoms. The van der Waals surface area contributed by atoms with E-state index in [0.717, 1.165) is 28.8 Å². The van der Waals surface area contributed by atoms with Gasteiger partial charge < -0.3 is 10.3 Å². The van der Waals surface area contributed by atoms with Gasteiger partial charge in [-0.15, -0.1) is 0 Å². The van der Waals surface area contributed by atoms with Crippen molar-refractivity contribution in [2.24, 2.45) is 5.73 Å². The fourth-order valence-corrected chi connectivity index (χ4v) is 3.42. The third-order valence-electron chi connectivity index (χ3n) is 4.71. The maximum atomic E-state index is 9.18. The molecule has 132 valence electrons. The predicted octanol–water partition coefficient (Wildman–Crippen LogP) is 4.20. The third kappa shape index (κ3) is 3.59. The Balaban J connectivity index is 1.74. The van der Waals surface area contributed by atoms with Crippen molar-refractivity contribution in [1.29, 1.82) is 5.26 Å². The van der Waals surface area contributed by atoms with Crippen LogP contribution in [0.5, 0.6) is 0 Å². The highest BCUT2D eigenvalue weighted by Gasteiger charge is 2.17. The summed E-state index contributed by atoms with van der Waals surface area (Å²) in [4.78, 5) is 4.82. The van der Waals surface area contributed by atoms with Gasteiger partial charge in [0, 0.05) is 6.54 Å². The number of nitriles is 1. The second kappa shape index (κ2) is 7.45. The molecular weight excluding hydrogens is 332 g/mol. The minimum atomic E-state index is -0.209. The van der Waals surface area contributed by atoms with E-state index in [1.807, 2.05) is 60.7 Å². The van der Waals surface area contributed by atoms with Crippen LogP contribution in [0.4, 0.5) is 0 Å². The lowest BCUT2D eigenvalue weighted by Crippen LogP contribution is -2.19. The van der Waals surface area contributed by atoms with Gasteiger partial charge in [0.15, 0.2) is 0 Å². The second-order valence-corrected chi connectivity index (χ2v) is 6.65. The van der Waals surface area contributed by atoms with Crippen LogP contribution >= 0.6 is 0 Å². The fraction of sp³-hybridized carbons (Fsp3) is 0.130. The zero-order valence-corrected chi connectivity index (χ0v) is 14.9. The van der Waals surface area contributed by atoms with Gasteiger partial charge in [-0.25, -0.2) is 4.98 Å². The summed E-state index contributed by atoms with van der Waals surface area (Å²) in [5, 5.41) is 9.18. The molecule has 0 aliphatic carbocycles. The van der Waals surface area contributed by atoms with Gasteiger partial charge in [-0.05, 0) is 41.8 Å². The number of imidazole rings is 1. The Morgan fingerprint density at radius 1 is 0.926 bits per heavy atom. The van der Waals surface area contributed by atoms with Crippen LogP contribution in [0.1, 0.15) is 28.6 Å². The van der Waals surface area contributed by atoms with E-state index in [4.69, 9.17) is 10.7 Å². The first-order chi connectivity index (χ1) is 13.2. The Morgan fingerprint density at radius 2 is 1.67 bits per heavy atom. The molecule has 0 bridgehead atoms. The number of nitrogens with two attached hydrogens (primary N) is 1. The fourth-order valence-electron chi connectivity index (χ4n) is 3.42. The van der Waals surface area contributed by atoms with Crippen LogP contribution in [0.25, 0.3) is 11.0 Å². The number of hydrogen-bond acceptors (Lipinski definition) is 3. The number of para-hydroxylation sites is 2. The Hall–Kier alpha value is -3.42. The van der Waals surface area contributed by atoms with Crippen molar-refractivity contribution >= 4 is 11.0 Å². The van der Waals surface area contributed by atoms with E-state index in [2.05, 4.69) is 28.8 Å². The van der Waals surface area contributed by atoms with Gasteiger partial charge in [0.05, 0.1) is 28.7 Å². The zero-order chi connectivity index (χ0) is 18.6. The van der Waals surface area contributed by atoms with Gasteiger partial charge in [-0.1, -0.05) is 54.6 Å². The molecule has 4 heteroatoms. The minimum Gasteiger partial charge on any atom is -0.322 e. The molecule has 4 nitrogen and oxygen atoms in total. The molecule has 0 aliphatic rings. The number of aromatic nitrogens is 2. The highest BCUT2D eigenvalue weighted by atomic mass is 15.1. The van der Waals surface area contributed by atoms with Crippen molar-refractivity contribution in [2.45, 2.75) is 19.0 Å². The molecule has 0 spiro atoms. The van der Waals surface area contributed by atoms with Crippen molar-refractivity contribution in [3.05, 3.63) is 101 Å². The molecule has 4 aromatic rings. The largest absolute Gasteiger partial charge is 0.322 e. The first kappa shape index (κ1) is 17.0. The monoisotopic (exact) mass is 352 g/mol. The predicted molar refractivity (Wildman–Crippen MR) is 107 cm³/mol. The zero-order valence-electron chi connectivity index (χ0n) is 14.9. The Labute approximate surface area is 158 Å². The molecule has 1 unspecified atom stereocenters. The molecule has 1 heterocycles. The van der Waals surface area contributed by atoms with E-state index < -0.39 is 0 Å². The van der Waals surface area contributed by atoms with Gasteiger partial charge in [0.25, 0.3) is 0 Å².